The van der Waals surface area contributed by atoms with Crippen molar-refractivity contribution >= 4 is 11.7 Å². The Morgan fingerprint density at radius 2 is 2.18 bits per heavy atom. The summed E-state index contributed by atoms with van der Waals surface area (Å²) in [6.07, 6.45) is 0.893. The third kappa shape index (κ3) is 1.95. The minimum Gasteiger partial charge on any atom is -0.493 e. The Bertz CT molecular complexity index is 454. The summed E-state index contributed by atoms with van der Waals surface area (Å²) in [4.78, 5) is 13.0. The Balaban J connectivity index is 2.32. The molecule has 0 spiro atoms. The highest BCUT2D eigenvalue weighted by Gasteiger charge is 2.32. The van der Waals surface area contributed by atoms with Gasteiger partial charge in [0.1, 0.15) is 11.3 Å². The summed E-state index contributed by atoms with van der Waals surface area (Å²) < 4.78 is 5.43. The summed E-state index contributed by atoms with van der Waals surface area (Å²) in [6.45, 7) is 4.10. The maximum absolute atomic E-state index is 11.2. The number of benzene rings is 1. The Kier molecular flexibility index (Phi) is 2.73. The van der Waals surface area contributed by atoms with Crippen LogP contribution in [-0.2, 0) is 11.2 Å². The van der Waals surface area contributed by atoms with Gasteiger partial charge in [0.2, 0.25) is 0 Å². The third-order valence-electron chi connectivity index (χ3n) is 3.42. The van der Waals surface area contributed by atoms with Crippen LogP contribution in [0.4, 0.5) is 5.69 Å². The highest BCUT2D eigenvalue weighted by Crippen LogP contribution is 2.31. The Labute approximate surface area is 101 Å². The average Bonchev–Trinajstić information content (AvgIpc) is 2.74. The van der Waals surface area contributed by atoms with Crippen molar-refractivity contribution < 1.29 is 14.6 Å². The lowest BCUT2D eigenvalue weighted by molar-refractivity contribution is -0.142. The van der Waals surface area contributed by atoms with Gasteiger partial charge in [-0.15, -0.1) is 0 Å². The number of anilines is 1. The average molecular weight is 235 g/mol. The number of nitrogens with zero attached hydrogens (tertiary/aromatic N) is 1. The number of carboxylic acids is 1. The van der Waals surface area contributed by atoms with Crippen LogP contribution in [-0.4, -0.2) is 30.3 Å². The van der Waals surface area contributed by atoms with Gasteiger partial charge in [-0.3, -0.25) is 0 Å². The van der Waals surface area contributed by atoms with E-state index in [1.165, 1.54) is 0 Å². The van der Waals surface area contributed by atoms with E-state index in [2.05, 4.69) is 0 Å². The van der Waals surface area contributed by atoms with Crippen LogP contribution in [0.2, 0.25) is 0 Å². The van der Waals surface area contributed by atoms with E-state index in [0.717, 1.165) is 23.4 Å². The summed E-state index contributed by atoms with van der Waals surface area (Å²) in [5.41, 5.74) is 1.13. The minimum atomic E-state index is -0.923. The number of ether oxygens (including phenoxy) is 1. The normalized spacial score (nSPS) is 14.1. The zero-order chi connectivity index (χ0) is 12.6. The number of hydrogen-bond acceptors (Lipinski definition) is 3. The predicted octanol–water partition coefficient (Wildman–Crippen LogP) is 1.92. The first kappa shape index (κ1) is 11.8. The van der Waals surface area contributed by atoms with E-state index in [4.69, 9.17) is 4.74 Å². The summed E-state index contributed by atoms with van der Waals surface area (Å²) in [5, 5.41) is 9.20. The smallest absolute Gasteiger partial charge is 0.328 e. The number of carboxylic acid groups (broad SMARTS) is 1. The molecule has 0 unspecified atom stereocenters. The quantitative estimate of drug-likeness (QED) is 0.869. The van der Waals surface area contributed by atoms with Crippen molar-refractivity contribution in [2.75, 3.05) is 18.6 Å². The lowest BCUT2D eigenvalue weighted by Crippen LogP contribution is -2.48. The van der Waals surface area contributed by atoms with Crippen LogP contribution in [0.1, 0.15) is 19.4 Å². The van der Waals surface area contributed by atoms with Crippen LogP contribution in [0, 0.1) is 0 Å². The number of carbonyl (C=O) groups is 1. The molecule has 4 nitrogen and oxygen atoms in total. The number of hydrogen-bond donors (Lipinski definition) is 1. The number of aliphatic carboxylic acids is 1. The van der Waals surface area contributed by atoms with Crippen molar-refractivity contribution in [1.29, 1.82) is 0 Å². The molecular formula is C13H17NO3. The predicted molar refractivity (Wildman–Crippen MR) is 65.8 cm³/mol. The summed E-state index contributed by atoms with van der Waals surface area (Å²) in [6, 6.07) is 5.81. The van der Waals surface area contributed by atoms with Crippen molar-refractivity contribution in [2.24, 2.45) is 0 Å². The molecule has 0 bridgehead atoms. The van der Waals surface area contributed by atoms with Gasteiger partial charge >= 0.3 is 5.97 Å². The van der Waals surface area contributed by atoms with Crippen molar-refractivity contribution in [3.63, 3.8) is 0 Å². The molecule has 17 heavy (non-hydrogen) atoms. The fraction of sp³-hybridized carbons (Fsp3) is 0.462. The van der Waals surface area contributed by atoms with Gasteiger partial charge in [-0.25, -0.2) is 4.79 Å². The van der Waals surface area contributed by atoms with E-state index >= 15 is 0 Å². The third-order valence-corrected chi connectivity index (χ3v) is 3.42. The van der Waals surface area contributed by atoms with Crippen LogP contribution in [0.15, 0.2) is 18.2 Å². The van der Waals surface area contributed by atoms with Gasteiger partial charge in [-0.2, -0.15) is 0 Å². The van der Waals surface area contributed by atoms with Crippen molar-refractivity contribution in [3.8, 4) is 5.75 Å². The van der Waals surface area contributed by atoms with Crippen molar-refractivity contribution in [2.45, 2.75) is 25.8 Å². The standard InChI is InChI=1S/C13H17NO3/c1-13(2,12(15)16)14(3)10-4-5-11-9(8-10)6-7-17-11/h4-5,8H,6-7H2,1-3H3,(H,15,16). The molecule has 0 aliphatic carbocycles. The van der Waals surface area contributed by atoms with Gasteiger partial charge in [0, 0.05) is 19.2 Å². The zero-order valence-corrected chi connectivity index (χ0v) is 10.4. The van der Waals surface area contributed by atoms with Gasteiger partial charge in [0.15, 0.2) is 0 Å². The van der Waals surface area contributed by atoms with Crippen LogP contribution < -0.4 is 9.64 Å². The molecule has 0 saturated heterocycles. The van der Waals surface area contributed by atoms with Gasteiger partial charge in [0.25, 0.3) is 0 Å². The van der Waals surface area contributed by atoms with E-state index in [0.29, 0.717) is 6.61 Å². The highest BCUT2D eigenvalue weighted by molar-refractivity contribution is 5.82. The second-order valence-corrected chi connectivity index (χ2v) is 4.81. The van der Waals surface area contributed by atoms with E-state index in [1.54, 1.807) is 25.8 Å². The van der Waals surface area contributed by atoms with E-state index < -0.39 is 11.5 Å². The van der Waals surface area contributed by atoms with Gasteiger partial charge in [0.05, 0.1) is 6.61 Å². The lowest BCUT2D eigenvalue weighted by atomic mass is 10.0. The molecule has 0 radical (unpaired) electrons. The Morgan fingerprint density at radius 1 is 1.47 bits per heavy atom. The van der Waals surface area contributed by atoms with Crippen LogP contribution in [0.25, 0.3) is 0 Å². The first-order valence-corrected chi connectivity index (χ1v) is 5.66. The molecule has 1 N–H and O–H groups in total. The summed E-state index contributed by atoms with van der Waals surface area (Å²) in [5.74, 6) is 0.0760. The summed E-state index contributed by atoms with van der Waals surface area (Å²) >= 11 is 0. The second kappa shape index (κ2) is 3.95. The molecule has 2 rings (SSSR count). The van der Waals surface area contributed by atoms with Crippen LogP contribution in [0.5, 0.6) is 5.75 Å². The molecule has 1 aromatic carbocycles. The summed E-state index contributed by atoms with van der Waals surface area (Å²) in [7, 11) is 1.80. The molecule has 0 aromatic heterocycles. The zero-order valence-electron chi connectivity index (χ0n) is 10.4. The highest BCUT2D eigenvalue weighted by atomic mass is 16.5. The van der Waals surface area contributed by atoms with E-state index in [1.807, 2.05) is 18.2 Å². The first-order chi connectivity index (χ1) is 7.93. The fourth-order valence-corrected chi connectivity index (χ4v) is 1.85. The molecule has 1 aromatic rings. The number of fused-ring (bicyclic) bond motifs is 1. The first-order valence-electron chi connectivity index (χ1n) is 5.66. The molecule has 92 valence electrons. The van der Waals surface area contributed by atoms with Gasteiger partial charge in [-0.1, -0.05) is 0 Å². The number of rotatable bonds is 3. The maximum Gasteiger partial charge on any atom is 0.328 e. The largest absolute Gasteiger partial charge is 0.493 e. The molecule has 1 heterocycles. The van der Waals surface area contributed by atoms with Crippen molar-refractivity contribution in [1.82, 2.24) is 0 Å². The van der Waals surface area contributed by atoms with Crippen LogP contribution in [0.3, 0.4) is 0 Å². The molecule has 0 fully saturated rings. The molecular weight excluding hydrogens is 218 g/mol. The van der Waals surface area contributed by atoms with E-state index in [9.17, 15) is 9.90 Å². The SMILES string of the molecule is CN(c1ccc2c(c1)CCO2)C(C)(C)C(=O)O. The topological polar surface area (TPSA) is 49.8 Å². The Morgan fingerprint density at radius 3 is 2.82 bits per heavy atom. The van der Waals surface area contributed by atoms with Gasteiger partial charge < -0.3 is 14.7 Å². The number of likely N-dealkylation sites (N-methyl/N-ethyl adjacent to an activating group) is 1. The Hall–Kier alpha value is -1.71. The monoisotopic (exact) mass is 235 g/mol. The van der Waals surface area contributed by atoms with E-state index in [-0.39, 0.29) is 0 Å². The van der Waals surface area contributed by atoms with Gasteiger partial charge in [-0.05, 0) is 37.6 Å². The molecule has 0 saturated carbocycles. The lowest BCUT2D eigenvalue weighted by Gasteiger charge is -2.33. The van der Waals surface area contributed by atoms with Crippen molar-refractivity contribution in [3.05, 3.63) is 23.8 Å². The molecule has 1 aliphatic rings. The minimum absolute atomic E-state index is 0.713. The molecule has 0 amide bonds. The fourth-order valence-electron chi connectivity index (χ4n) is 1.85. The molecule has 1 aliphatic heterocycles. The second-order valence-electron chi connectivity index (χ2n) is 4.81. The maximum atomic E-state index is 11.2. The van der Waals surface area contributed by atoms with Crippen LogP contribution >= 0.6 is 0 Å². The molecule has 0 atom stereocenters. The molecule has 4 heteroatoms.